The molecule has 1 aromatic carbocycles. The second kappa shape index (κ2) is 5.91. The van der Waals surface area contributed by atoms with Crippen molar-refractivity contribution in [1.82, 2.24) is 9.38 Å². The summed E-state index contributed by atoms with van der Waals surface area (Å²) < 4.78 is 25.6. The monoisotopic (exact) mass is 365 g/mol. The van der Waals surface area contributed by atoms with Crippen molar-refractivity contribution >= 4 is 37.7 Å². The fourth-order valence-corrected chi connectivity index (χ4v) is 3.90. The number of fused-ring (bicyclic) bond motifs is 1. The minimum absolute atomic E-state index is 0.0297. The molecule has 126 valence electrons. The van der Waals surface area contributed by atoms with Crippen molar-refractivity contribution in [2.75, 3.05) is 11.1 Å². The Morgan fingerprint density at radius 2 is 2.12 bits per heavy atom. The van der Waals surface area contributed by atoms with Crippen LogP contribution in [0.4, 0.5) is 5.69 Å². The van der Waals surface area contributed by atoms with Gasteiger partial charge in [-0.1, -0.05) is 6.92 Å². The molecule has 0 unspecified atom stereocenters. The maximum absolute atomic E-state index is 12.3. The molecule has 2 heterocycles. The zero-order chi connectivity index (χ0) is 17.5. The number of benzene rings is 1. The van der Waals surface area contributed by atoms with Gasteiger partial charge in [0.25, 0.3) is 5.91 Å². The molecule has 0 atom stereocenters. The van der Waals surface area contributed by atoms with E-state index in [2.05, 4.69) is 10.3 Å². The molecule has 0 saturated heterocycles. The number of aromatic nitrogens is 2. The predicted molar refractivity (Wildman–Crippen MR) is 91.6 cm³/mol. The molecule has 1 amide bonds. The molecule has 0 radical (unpaired) electrons. The van der Waals surface area contributed by atoms with E-state index in [0.717, 1.165) is 4.88 Å². The van der Waals surface area contributed by atoms with Gasteiger partial charge in [0.2, 0.25) is 0 Å². The number of phenolic OH excluding ortho intramolecular Hbond substituents is 1. The number of aromatic hydroxyl groups is 1. The Labute approximate surface area is 142 Å². The molecule has 2 N–H and O–H groups in total. The summed E-state index contributed by atoms with van der Waals surface area (Å²) in [7, 11) is -3.43. The first-order valence-corrected chi connectivity index (χ1v) is 9.59. The van der Waals surface area contributed by atoms with Crippen LogP contribution in [0.25, 0.3) is 4.96 Å². The first kappa shape index (κ1) is 16.5. The van der Waals surface area contributed by atoms with Crippen molar-refractivity contribution in [1.29, 1.82) is 0 Å². The van der Waals surface area contributed by atoms with Crippen molar-refractivity contribution in [3.8, 4) is 5.75 Å². The highest BCUT2D eigenvalue weighted by Gasteiger charge is 2.17. The number of carbonyl (C=O) groups is 1. The Hall–Kier alpha value is -2.39. The number of hydrogen-bond acceptors (Lipinski definition) is 6. The van der Waals surface area contributed by atoms with E-state index in [0.29, 0.717) is 4.96 Å². The van der Waals surface area contributed by atoms with Crippen LogP contribution < -0.4 is 5.32 Å². The molecule has 0 fully saturated rings. The largest absolute Gasteiger partial charge is 0.506 e. The molecule has 2 aromatic heterocycles. The molecule has 0 saturated carbocycles. The van der Waals surface area contributed by atoms with E-state index < -0.39 is 15.7 Å². The molecule has 0 aliphatic rings. The number of anilines is 1. The smallest absolute Gasteiger partial charge is 0.276 e. The topological polar surface area (TPSA) is 101 Å². The van der Waals surface area contributed by atoms with Crippen LogP contribution in [0.3, 0.4) is 0 Å². The number of hydrogen-bond donors (Lipinski definition) is 2. The number of amides is 1. The van der Waals surface area contributed by atoms with Crippen molar-refractivity contribution in [2.45, 2.75) is 18.7 Å². The summed E-state index contributed by atoms with van der Waals surface area (Å²) in [6.45, 7) is 3.47. The van der Waals surface area contributed by atoms with E-state index in [4.69, 9.17) is 0 Å². The molecule has 9 heteroatoms. The molecule has 7 nitrogen and oxygen atoms in total. The van der Waals surface area contributed by atoms with Crippen molar-refractivity contribution < 1.29 is 18.3 Å². The fraction of sp³-hybridized carbons (Fsp3) is 0.200. The van der Waals surface area contributed by atoms with E-state index >= 15 is 0 Å². The number of phenols is 1. The predicted octanol–water partition coefficient (Wildman–Crippen LogP) is 2.46. The normalized spacial score (nSPS) is 11.8. The molecule has 0 spiro atoms. The van der Waals surface area contributed by atoms with Crippen LogP contribution in [-0.4, -0.2) is 34.6 Å². The summed E-state index contributed by atoms with van der Waals surface area (Å²) in [6.07, 6.45) is 3.44. The van der Waals surface area contributed by atoms with Gasteiger partial charge < -0.3 is 10.4 Å². The second-order valence-corrected chi connectivity index (χ2v) is 8.69. The van der Waals surface area contributed by atoms with Gasteiger partial charge in [-0.3, -0.25) is 9.20 Å². The fourth-order valence-electron chi connectivity index (χ4n) is 2.18. The van der Waals surface area contributed by atoms with Crippen LogP contribution >= 0.6 is 11.3 Å². The SMILES string of the molecule is CCS(=O)(=O)c1ccc(O)c(NC(=O)c2cn3cc(C)sc3n2)c1. The molecule has 24 heavy (non-hydrogen) atoms. The third-order valence-electron chi connectivity index (χ3n) is 3.46. The second-order valence-electron chi connectivity index (χ2n) is 5.19. The van der Waals surface area contributed by atoms with E-state index in [1.54, 1.807) is 10.6 Å². The molecule has 0 aliphatic heterocycles. The van der Waals surface area contributed by atoms with Gasteiger partial charge in [-0.05, 0) is 25.1 Å². The number of carbonyl (C=O) groups excluding carboxylic acids is 1. The van der Waals surface area contributed by atoms with E-state index in [1.807, 2.05) is 13.1 Å². The third-order valence-corrected chi connectivity index (χ3v) is 6.10. The van der Waals surface area contributed by atoms with E-state index in [-0.39, 0.29) is 27.8 Å². The summed E-state index contributed by atoms with van der Waals surface area (Å²) in [5.74, 6) is -0.804. The summed E-state index contributed by atoms with van der Waals surface area (Å²) in [6, 6.07) is 3.79. The maximum Gasteiger partial charge on any atom is 0.276 e. The van der Waals surface area contributed by atoms with Gasteiger partial charge in [-0.15, -0.1) is 11.3 Å². The standard InChI is InChI=1S/C15H15N3O4S2/c1-3-24(21,22)10-4-5-13(19)11(6-10)16-14(20)12-8-18-7-9(2)23-15(18)17-12/h4-8,19H,3H2,1-2H3,(H,16,20). The van der Waals surface area contributed by atoms with Crippen molar-refractivity contribution in [2.24, 2.45) is 0 Å². The van der Waals surface area contributed by atoms with Crippen LogP contribution in [-0.2, 0) is 9.84 Å². The van der Waals surface area contributed by atoms with Gasteiger partial charge in [0, 0.05) is 17.3 Å². The highest BCUT2D eigenvalue weighted by molar-refractivity contribution is 7.91. The van der Waals surface area contributed by atoms with E-state index in [9.17, 15) is 18.3 Å². The van der Waals surface area contributed by atoms with Gasteiger partial charge in [-0.25, -0.2) is 13.4 Å². The van der Waals surface area contributed by atoms with Crippen LogP contribution in [0.5, 0.6) is 5.75 Å². The number of rotatable bonds is 4. The lowest BCUT2D eigenvalue weighted by Crippen LogP contribution is -2.13. The molecule has 0 bridgehead atoms. The lowest BCUT2D eigenvalue weighted by molar-refractivity contribution is 0.102. The molecular formula is C15H15N3O4S2. The van der Waals surface area contributed by atoms with Crippen LogP contribution in [0, 0.1) is 6.92 Å². The molecular weight excluding hydrogens is 350 g/mol. The minimum atomic E-state index is -3.43. The Morgan fingerprint density at radius 3 is 2.79 bits per heavy atom. The maximum atomic E-state index is 12.3. The molecule has 0 aliphatic carbocycles. The Morgan fingerprint density at radius 1 is 1.38 bits per heavy atom. The Balaban J connectivity index is 1.90. The zero-order valence-electron chi connectivity index (χ0n) is 13.0. The third kappa shape index (κ3) is 3.00. The van der Waals surface area contributed by atoms with Gasteiger partial charge in [0.15, 0.2) is 14.8 Å². The number of thiazole rings is 1. The Bertz CT molecular complexity index is 1000. The zero-order valence-corrected chi connectivity index (χ0v) is 14.6. The van der Waals surface area contributed by atoms with Gasteiger partial charge >= 0.3 is 0 Å². The quantitative estimate of drug-likeness (QED) is 0.692. The molecule has 3 rings (SSSR count). The Kier molecular flexibility index (Phi) is 4.06. The van der Waals surface area contributed by atoms with Crippen LogP contribution in [0.1, 0.15) is 22.3 Å². The van der Waals surface area contributed by atoms with E-state index in [1.165, 1.54) is 36.5 Å². The van der Waals surface area contributed by atoms with Gasteiger partial charge in [0.05, 0.1) is 16.3 Å². The number of nitrogens with zero attached hydrogens (tertiary/aromatic N) is 2. The summed E-state index contributed by atoms with van der Waals surface area (Å²) in [4.78, 5) is 18.3. The van der Waals surface area contributed by atoms with Crippen molar-refractivity contribution in [3.05, 3.63) is 41.2 Å². The van der Waals surface area contributed by atoms with Crippen LogP contribution in [0.15, 0.2) is 35.5 Å². The van der Waals surface area contributed by atoms with Crippen molar-refractivity contribution in [3.63, 3.8) is 0 Å². The van der Waals surface area contributed by atoms with Gasteiger partial charge in [-0.2, -0.15) is 0 Å². The highest BCUT2D eigenvalue weighted by atomic mass is 32.2. The first-order chi connectivity index (χ1) is 11.3. The summed E-state index contributed by atoms with van der Waals surface area (Å²) >= 11 is 1.45. The molecule has 3 aromatic rings. The van der Waals surface area contributed by atoms with Gasteiger partial charge in [0.1, 0.15) is 11.4 Å². The number of nitrogens with one attached hydrogen (secondary N) is 1. The number of sulfone groups is 1. The highest BCUT2D eigenvalue weighted by Crippen LogP contribution is 2.27. The summed E-state index contributed by atoms with van der Waals surface area (Å²) in [5, 5.41) is 12.4. The lowest BCUT2D eigenvalue weighted by atomic mass is 10.3. The first-order valence-electron chi connectivity index (χ1n) is 7.12. The summed E-state index contributed by atoms with van der Waals surface area (Å²) in [5.41, 5.74) is 0.214. The average Bonchev–Trinajstić information content (AvgIpc) is 3.06. The number of imidazole rings is 1. The number of aryl methyl sites for hydroxylation is 1. The lowest BCUT2D eigenvalue weighted by Gasteiger charge is -2.08. The van der Waals surface area contributed by atoms with Crippen LogP contribution in [0.2, 0.25) is 0 Å². The average molecular weight is 365 g/mol. The minimum Gasteiger partial charge on any atom is -0.506 e.